The first-order valence-corrected chi connectivity index (χ1v) is 10.1. The van der Waals surface area contributed by atoms with E-state index in [1.54, 1.807) is 6.33 Å². The van der Waals surface area contributed by atoms with Crippen LogP contribution in [-0.2, 0) is 24.2 Å². The number of benzene rings is 1. The number of hydrogen-bond acceptors (Lipinski definition) is 5. The third-order valence-electron chi connectivity index (χ3n) is 4.73. The van der Waals surface area contributed by atoms with Gasteiger partial charge >= 0.3 is 0 Å². The first kappa shape index (κ1) is 20.1. The summed E-state index contributed by atoms with van der Waals surface area (Å²) >= 11 is 0. The molecule has 0 spiro atoms. The van der Waals surface area contributed by atoms with Crippen molar-refractivity contribution in [3.63, 3.8) is 0 Å². The minimum absolute atomic E-state index is 0.644. The average molecular weight is 386 g/mol. The number of aliphatic imine (C=N–C) groups is 1. The molecule has 1 aliphatic rings. The number of nitrogens with zero attached hydrogens (tertiary/aromatic N) is 5. The Bertz CT molecular complexity index is 735. The first-order chi connectivity index (χ1) is 13.8. The molecule has 1 aromatic carbocycles. The Hall–Kier alpha value is -2.61. The summed E-state index contributed by atoms with van der Waals surface area (Å²) in [5.74, 6) is 1.83. The molecule has 0 atom stereocenters. The summed E-state index contributed by atoms with van der Waals surface area (Å²) in [6.07, 6.45) is 2.66. The third-order valence-corrected chi connectivity index (χ3v) is 4.73. The van der Waals surface area contributed by atoms with Crippen molar-refractivity contribution in [3.8, 4) is 0 Å². The largest absolute Gasteiger partial charge is 0.378 e. The lowest BCUT2D eigenvalue weighted by Gasteiger charge is -2.28. The number of guanidine groups is 1. The van der Waals surface area contributed by atoms with Crippen LogP contribution in [0.25, 0.3) is 0 Å². The molecule has 0 unspecified atom stereocenters. The quantitative estimate of drug-likeness (QED) is 0.529. The standard InChI is InChI=1S/C20H31N7O/c1-3-19-25-24-16-27(19)10-9-22-20(21-4-2)23-15-17-5-7-18(8-6-17)26-11-13-28-14-12-26/h5-8,16H,3-4,9-15H2,1-2H3,(H2,21,22,23). The van der Waals surface area contributed by atoms with E-state index in [9.17, 15) is 0 Å². The monoisotopic (exact) mass is 385 g/mol. The smallest absolute Gasteiger partial charge is 0.191 e. The van der Waals surface area contributed by atoms with Crippen LogP contribution >= 0.6 is 0 Å². The maximum atomic E-state index is 5.42. The van der Waals surface area contributed by atoms with Gasteiger partial charge in [0, 0.05) is 44.8 Å². The SMILES string of the molecule is CCNC(=NCc1ccc(N2CCOCC2)cc1)NCCn1cnnc1CC. The molecule has 0 saturated carbocycles. The van der Waals surface area contributed by atoms with Crippen LogP contribution in [0.5, 0.6) is 0 Å². The van der Waals surface area contributed by atoms with Crippen LogP contribution in [0.15, 0.2) is 35.6 Å². The second kappa shape index (κ2) is 10.7. The number of aromatic nitrogens is 3. The zero-order valence-electron chi connectivity index (χ0n) is 16.9. The van der Waals surface area contributed by atoms with Gasteiger partial charge in [0.2, 0.25) is 0 Å². The van der Waals surface area contributed by atoms with Gasteiger partial charge in [-0.15, -0.1) is 10.2 Å². The van der Waals surface area contributed by atoms with Crippen molar-refractivity contribution in [2.24, 2.45) is 4.99 Å². The van der Waals surface area contributed by atoms with Crippen molar-refractivity contribution in [1.82, 2.24) is 25.4 Å². The van der Waals surface area contributed by atoms with E-state index in [2.05, 4.69) is 68.4 Å². The molecule has 3 rings (SSSR count). The van der Waals surface area contributed by atoms with Crippen molar-refractivity contribution in [2.75, 3.05) is 44.3 Å². The number of rotatable bonds is 8. The highest BCUT2D eigenvalue weighted by Crippen LogP contribution is 2.17. The second-order valence-corrected chi connectivity index (χ2v) is 6.68. The van der Waals surface area contributed by atoms with Crippen LogP contribution in [0.3, 0.4) is 0 Å². The zero-order valence-corrected chi connectivity index (χ0v) is 16.9. The van der Waals surface area contributed by atoms with Crippen LogP contribution < -0.4 is 15.5 Å². The Morgan fingerprint density at radius 3 is 2.64 bits per heavy atom. The number of ether oxygens (including phenoxy) is 1. The van der Waals surface area contributed by atoms with Gasteiger partial charge in [-0.1, -0.05) is 19.1 Å². The summed E-state index contributed by atoms with van der Waals surface area (Å²) in [6.45, 7) is 10.7. The van der Waals surface area contributed by atoms with Gasteiger partial charge in [0.1, 0.15) is 12.2 Å². The number of anilines is 1. The van der Waals surface area contributed by atoms with E-state index in [0.29, 0.717) is 6.54 Å². The molecular weight excluding hydrogens is 354 g/mol. The molecule has 0 radical (unpaired) electrons. The van der Waals surface area contributed by atoms with E-state index in [-0.39, 0.29) is 0 Å². The molecule has 2 N–H and O–H groups in total. The number of nitrogens with one attached hydrogen (secondary N) is 2. The summed E-state index contributed by atoms with van der Waals surface area (Å²) in [4.78, 5) is 7.07. The molecule has 0 aliphatic carbocycles. The molecule has 8 heteroatoms. The van der Waals surface area contributed by atoms with E-state index in [1.807, 2.05) is 0 Å². The van der Waals surface area contributed by atoms with Gasteiger partial charge in [-0.3, -0.25) is 0 Å². The van der Waals surface area contributed by atoms with Crippen molar-refractivity contribution in [1.29, 1.82) is 0 Å². The van der Waals surface area contributed by atoms with E-state index >= 15 is 0 Å². The van der Waals surface area contributed by atoms with Gasteiger partial charge in [0.15, 0.2) is 5.96 Å². The van der Waals surface area contributed by atoms with Crippen molar-refractivity contribution in [2.45, 2.75) is 33.4 Å². The Kier molecular flexibility index (Phi) is 7.66. The van der Waals surface area contributed by atoms with Crippen LogP contribution in [0, 0.1) is 0 Å². The number of morpholine rings is 1. The van der Waals surface area contributed by atoms with Crippen LogP contribution in [0.1, 0.15) is 25.2 Å². The topological polar surface area (TPSA) is 79.6 Å². The van der Waals surface area contributed by atoms with E-state index in [0.717, 1.165) is 64.1 Å². The van der Waals surface area contributed by atoms with Crippen LogP contribution in [-0.4, -0.2) is 60.1 Å². The highest BCUT2D eigenvalue weighted by molar-refractivity contribution is 5.79. The van der Waals surface area contributed by atoms with E-state index in [1.165, 1.54) is 11.3 Å². The van der Waals surface area contributed by atoms with Crippen molar-refractivity contribution >= 4 is 11.6 Å². The lowest BCUT2D eigenvalue weighted by molar-refractivity contribution is 0.122. The van der Waals surface area contributed by atoms with Gasteiger partial charge in [-0.2, -0.15) is 0 Å². The summed E-state index contributed by atoms with van der Waals surface area (Å²) in [5, 5.41) is 14.8. The molecule has 0 amide bonds. The van der Waals surface area contributed by atoms with Gasteiger partial charge in [-0.25, -0.2) is 4.99 Å². The molecule has 8 nitrogen and oxygen atoms in total. The molecule has 152 valence electrons. The van der Waals surface area contributed by atoms with E-state index < -0.39 is 0 Å². The molecule has 28 heavy (non-hydrogen) atoms. The second-order valence-electron chi connectivity index (χ2n) is 6.68. The molecule has 1 aromatic heterocycles. The molecule has 1 saturated heterocycles. The van der Waals surface area contributed by atoms with Crippen molar-refractivity contribution in [3.05, 3.63) is 42.0 Å². The summed E-state index contributed by atoms with van der Waals surface area (Å²) in [5.41, 5.74) is 2.45. The minimum Gasteiger partial charge on any atom is -0.378 e. The number of aryl methyl sites for hydroxylation is 1. The fraction of sp³-hybridized carbons (Fsp3) is 0.550. The predicted molar refractivity (Wildman–Crippen MR) is 112 cm³/mol. The van der Waals surface area contributed by atoms with Gasteiger partial charge in [0.25, 0.3) is 0 Å². The lowest BCUT2D eigenvalue weighted by Crippen LogP contribution is -2.39. The Morgan fingerprint density at radius 2 is 1.93 bits per heavy atom. The van der Waals surface area contributed by atoms with Crippen LogP contribution in [0.2, 0.25) is 0 Å². The molecule has 0 bridgehead atoms. The molecule has 2 aromatic rings. The fourth-order valence-corrected chi connectivity index (χ4v) is 3.18. The third kappa shape index (κ3) is 5.69. The van der Waals surface area contributed by atoms with Gasteiger partial charge in [-0.05, 0) is 24.6 Å². The Morgan fingerprint density at radius 1 is 1.14 bits per heavy atom. The summed E-state index contributed by atoms with van der Waals surface area (Å²) in [7, 11) is 0. The molecule has 1 aliphatic heterocycles. The Labute approximate surface area is 167 Å². The number of hydrogen-bond donors (Lipinski definition) is 2. The highest BCUT2D eigenvalue weighted by atomic mass is 16.5. The average Bonchev–Trinajstić information content (AvgIpc) is 3.20. The summed E-state index contributed by atoms with van der Waals surface area (Å²) in [6, 6.07) is 8.66. The molecule has 1 fully saturated rings. The highest BCUT2D eigenvalue weighted by Gasteiger charge is 2.10. The van der Waals surface area contributed by atoms with E-state index in [4.69, 9.17) is 9.73 Å². The maximum Gasteiger partial charge on any atom is 0.191 e. The summed E-state index contributed by atoms with van der Waals surface area (Å²) < 4.78 is 7.49. The molecular formula is C20H31N7O. The first-order valence-electron chi connectivity index (χ1n) is 10.1. The van der Waals surface area contributed by atoms with Gasteiger partial charge in [0.05, 0.1) is 19.8 Å². The predicted octanol–water partition coefficient (Wildman–Crippen LogP) is 1.43. The minimum atomic E-state index is 0.644. The zero-order chi connectivity index (χ0) is 19.6. The normalized spacial score (nSPS) is 14.9. The van der Waals surface area contributed by atoms with Crippen molar-refractivity contribution < 1.29 is 4.74 Å². The lowest BCUT2D eigenvalue weighted by atomic mass is 10.2. The van der Waals surface area contributed by atoms with Crippen LogP contribution in [0.4, 0.5) is 5.69 Å². The maximum absolute atomic E-state index is 5.42. The fourth-order valence-electron chi connectivity index (χ4n) is 3.18. The molecule has 2 heterocycles. The van der Waals surface area contributed by atoms with Gasteiger partial charge < -0.3 is 24.8 Å². The Balaban J connectivity index is 1.51.